The fourth-order valence-corrected chi connectivity index (χ4v) is 5.16. The zero-order valence-corrected chi connectivity index (χ0v) is 24.4. The van der Waals surface area contributed by atoms with E-state index < -0.39 is 17.9 Å². The molecule has 0 radical (unpaired) electrons. The number of cyclic esters (lactones) is 2. The van der Waals surface area contributed by atoms with Gasteiger partial charge in [0.2, 0.25) is 0 Å². The third-order valence-corrected chi connectivity index (χ3v) is 7.24. The number of rotatable bonds is 2. The molecule has 0 aliphatic carbocycles. The molecule has 2 aliphatic rings. The lowest BCUT2D eigenvalue weighted by atomic mass is 9.80. The van der Waals surface area contributed by atoms with Crippen LogP contribution in [0.25, 0.3) is 0 Å². The number of phenols is 1. The van der Waals surface area contributed by atoms with Crippen molar-refractivity contribution in [2.24, 2.45) is 0 Å². The number of benzene rings is 5. The Morgan fingerprint density at radius 3 is 1.61 bits per heavy atom. The maximum atomic E-state index is 11.8. The van der Waals surface area contributed by atoms with Gasteiger partial charge in [-0.3, -0.25) is 0 Å². The molecule has 0 spiro atoms. The number of carbonyl (C=O) groups excluding carboxylic acids is 2. The third-order valence-electron chi connectivity index (χ3n) is 7.24. The second kappa shape index (κ2) is 12.7. The molecule has 0 fully saturated rings. The summed E-state index contributed by atoms with van der Waals surface area (Å²) in [7, 11) is 0. The van der Waals surface area contributed by atoms with E-state index in [4.69, 9.17) is 9.84 Å². The van der Waals surface area contributed by atoms with Crippen LogP contribution >= 0.6 is 0 Å². The Bertz CT molecular complexity index is 1790. The lowest BCUT2D eigenvalue weighted by molar-refractivity contribution is 0.0443. The van der Waals surface area contributed by atoms with E-state index in [0.29, 0.717) is 22.4 Å². The van der Waals surface area contributed by atoms with Crippen LogP contribution in [-0.4, -0.2) is 28.1 Å². The second-order valence-electron chi connectivity index (χ2n) is 10.6. The summed E-state index contributed by atoms with van der Waals surface area (Å²) in [6, 6.07) is 33.1. The minimum absolute atomic E-state index is 0.160. The molecule has 7 heteroatoms. The summed E-state index contributed by atoms with van der Waals surface area (Å²) in [6.07, 6.45) is 0. The van der Waals surface area contributed by atoms with E-state index in [2.05, 4.69) is 4.74 Å². The lowest BCUT2D eigenvalue weighted by Crippen LogP contribution is -2.15. The third kappa shape index (κ3) is 6.37. The van der Waals surface area contributed by atoms with Crippen LogP contribution in [0.15, 0.2) is 109 Å². The van der Waals surface area contributed by atoms with Gasteiger partial charge in [0.05, 0.1) is 16.7 Å². The molecule has 0 unspecified atom stereocenters. The van der Waals surface area contributed by atoms with E-state index in [-0.39, 0.29) is 5.92 Å². The average molecular weight is 587 g/mol. The number of carboxylic acid groups (broad SMARTS) is 1. The molecule has 2 N–H and O–H groups in total. The first kappa shape index (κ1) is 29.8. The van der Waals surface area contributed by atoms with Crippen molar-refractivity contribution in [2.75, 3.05) is 0 Å². The maximum absolute atomic E-state index is 11.8. The highest BCUT2D eigenvalue weighted by Crippen LogP contribution is 2.48. The maximum Gasteiger partial charge on any atom is 0.346 e. The Kier molecular flexibility index (Phi) is 8.58. The number of ether oxygens (including phenoxy) is 2. The van der Waals surface area contributed by atoms with E-state index in [9.17, 15) is 19.5 Å². The van der Waals surface area contributed by atoms with Crippen molar-refractivity contribution in [1.82, 2.24) is 0 Å². The van der Waals surface area contributed by atoms with E-state index >= 15 is 0 Å². The van der Waals surface area contributed by atoms with Gasteiger partial charge in [-0.25, -0.2) is 14.4 Å². The zero-order chi connectivity index (χ0) is 31.4. The van der Waals surface area contributed by atoms with Crippen molar-refractivity contribution in [2.45, 2.75) is 26.7 Å². The molecule has 44 heavy (non-hydrogen) atoms. The number of aromatic carboxylic acids is 1. The average Bonchev–Trinajstić information content (AvgIpc) is 3.29. The molecular weight excluding hydrogens is 556 g/mol. The second-order valence-corrected chi connectivity index (χ2v) is 10.6. The number of carboxylic acids is 1. The summed E-state index contributed by atoms with van der Waals surface area (Å²) in [4.78, 5) is 33.4. The van der Waals surface area contributed by atoms with Gasteiger partial charge in [0.25, 0.3) is 0 Å². The quantitative estimate of drug-likeness (QED) is 0.156. The van der Waals surface area contributed by atoms with Gasteiger partial charge in [-0.2, -0.15) is 0 Å². The minimum atomic E-state index is -0.913. The Morgan fingerprint density at radius 1 is 0.591 bits per heavy atom. The molecule has 0 saturated carbocycles. The van der Waals surface area contributed by atoms with Crippen LogP contribution in [0.5, 0.6) is 17.2 Å². The first-order valence-corrected chi connectivity index (χ1v) is 13.9. The standard InChI is InChI=1S/C22H18O3.C8H4O3.C7H8O/c1-13-7-9-17-19(11-13)25-20-12-14(2)8-10-18(20)21(17)15-5-3-4-6-16(15)22(23)24;9-7-5-3-1-2-4-6(5)8(10)11-7;1-6-3-2-4-7(8)5-6/h3-12,21H,1-2H3,(H,23,24);1-4H;2-5,8H,1H3. The largest absolute Gasteiger partial charge is 0.508 e. The number of esters is 2. The van der Waals surface area contributed by atoms with Crippen molar-refractivity contribution in [3.63, 3.8) is 0 Å². The topological polar surface area (TPSA) is 110 Å². The molecule has 7 nitrogen and oxygen atoms in total. The van der Waals surface area contributed by atoms with Crippen molar-refractivity contribution >= 4 is 17.9 Å². The highest BCUT2D eigenvalue weighted by Gasteiger charge is 2.31. The number of aromatic hydroxyl groups is 1. The van der Waals surface area contributed by atoms with Crippen LogP contribution in [0, 0.1) is 20.8 Å². The molecule has 0 saturated heterocycles. The van der Waals surface area contributed by atoms with Gasteiger partial charge in [0.1, 0.15) is 17.2 Å². The highest BCUT2D eigenvalue weighted by molar-refractivity contribution is 6.14. The van der Waals surface area contributed by atoms with Gasteiger partial charge >= 0.3 is 17.9 Å². The Morgan fingerprint density at radius 2 is 1.11 bits per heavy atom. The van der Waals surface area contributed by atoms with Crippen LogP contribution in [0.2, 0.25) is 0 Å². The van der Waals surface area contributed by atoms with E-state index in [1.807, 2.05) is 81.4 Å². The van der Waals surface area contributed by atoms with Crippen molar-refractivity contribution in [3.05, 3.63) is 159 Å². The Hall–Kier alpha value is -5.69. The van der Waals surface area contributed by atoms with Gasteiger partial charge in [-0.05, 0) is 85.5 Å². The van der Waals surface area contributed by atoms with Crippen LogP contribution in [-0.2, 0) is 4.74 Å². The first-order chi connectivity index (χ1) is 21.1. The predicted molar refractivity (Wildman–Crippen MR) is 166 cm³/mol. The summed E-state index contributed by atoms with van der Waals surface area (Å²) in [5.41, 5.74) is 7.13. The van der Waals surface area contributed by atoms with Crippen molar-refractivity contribution < 1.29 is 34.1 Å². The molecule has 0 aromatic heterocycles. The van der Waals surface area contributed by atoms with Crippen LogP contribution in [0.4, 0.5) is 0 Å². The van der Waals surface area contributed by atoms with E-state index in [0.717, 1.165) is 44.9 Å². The summed E-state index contributed by atoms with van der Waals surface area (Å²) < 4.78 is 10.5. The predicted octanol–water partition coefficient (Wildman–Crippen LogP) is 7.99. The fraction of sp³-hybridized carbons (Fsp3) is 0.108. The number of hydrogen-bond acceptors (Lipinski definition) is 6. The Labute approximate surface area is 255 Å². The molecule has 220 valence electrons. The van der Waals surface area contributed by atoms with Gasteiger partial charge < -0.3 is 19.7 Å². The van der Waals surface area contributed by atoms with Crippen molar-refractivity contribution in [1.29, 1.82) is 0 Å². The zero-order valence-electron chi connectivity index (χ0n) is 24.4. The van der Waals surface area contributed by atoms with Gasteiger partial charge in [-0.1, -0.05) is 66.7 Å². The summed E-state index contributed by atoms with van der Waals surface area (Å²) in [6.45, 7) is 5.99. The van der Waals surface area contributed by atoms with Gasteiger partial charge in [-0.15, -0.1) is 0 Å². The molecular formula is C37H30O7. The van der Waals surface area contributed by atoms with Gasteiger partial charge in [0.15, 0.2) is 0 Å². The molecule has 0 atom stereocenters. The highest BCUT2D eigenvalue weighted by atomic mass is 16.6. The summed E-state index contributed by atoms with van der Waals surface area (Å²) in [5, 5.41) is 18.5. The molecule has 7 rings (SSSR count). The molecule has 5 aromatic rings. The monoisotopic (exact) mass is 586 g/mol. The fourth-order valence-electron chi connectivity index (χ4n) is 5.16. The SMILES string of the molecule is Cc1ccc2c(c1)Oc1cc(C)ccc1C2c1ccccc1C(=O)O.Cc1cccc(O)c1.O=C1OC(=O)c2ccccc21. The first-order valence-electron chi connectivity index (χ1n) is 13.9. The Balaban J connectivity index is 0.000000165. The summed E-state index contributed by atoms with van der Waals surface area (Å²) >= 11 is 0. The molecule has 5 aromatic carbocycles. The van der Waals surface area contributed by atoms with E-state index in [1.165, 1.54) is 0 Å². The number of hydrogen-bond donors (Lipinski definition) is 2. The number of fused-ring (bicyclic) bond motifs is 3. The molecule has 2 heterocycles. The number of phenolic OH excluding ortho intramolecular Hbond substituents is 1. The molecule has 0 amide bonds. The number of carbonyl (C=O) groups is 3. The molecule has 2 aliphatic heterocycles. The number of aryl methyl sites for hydroxylation is 3. The summed E-state index contributed by atoms with van der Waals surface area (Å²) in [5.74, 6) is -0.246. The smallest absolute Gasteiger partial charge is 0.346 e. The lowest BCUT2D eigenvalue weighted by Gasteiger charge is -2.30. The van der Waals surface area contributed by atoms with Crippen LogP contribution < -0.4 is 4.74 Å². The molecule has 0 bridgehead atoms. The van der Waals surface area contributed by atoms with E-state index in [1.54, 1.807) is 48.5 Å². The normalized spacial score (nSPS) is 12.6. The van der Waals surface area contributed by atoms with Crippen molar-refractivity contribution in [3.8, 4) is 17.2 Å². The van der Waals surface area contributed by atoms with Crippen LogP contribution in [0.3, 0.4) is 0 Å². The van der Waals surface area contributed by atoms with Crippen LogP contribution in [0.1, 0.15) is 70.4 Å². The van der Waals surface area contributed by atoms with Gasteiger partial charge in [0, 0.05) is 17.0 Å². The minimum Gasteiger partial charge on any atom is -0.508 e.